The van der Waals surface area contributed by atoms with E-state index in [0.29, 0.717) is 35.1 Å². The zero-order valence-corrected chi connectivity index (χ0v) is 31.1. The maximum absolute atomic E-state index is 13.2. The molecule has 0 spiro atoms. The highest BCUT2D eigenvalue weighted by Gasteiger charge is 2.34. The van der Waals surface area contributed by atoms with E-state index in [1.807, 2.05) is 29.2 Å². The number of ether oxygens (including phenoxy) is 1. The lowest BCUT2D eigenvalue weighted by Crippen LogP contribution is -2.50. The summed E-state index contributed by atoms with van der Waals surface area (Å²) in [5, 5.41) is 10.2. The Kier molecular flexibility index (Phi) is 9.99. The van der Waals surface area contributed by atoms with Crippen molar-refractivity contribution in [3.05, 3.63) is 78.5 Å². The highest BCUT2D eigenvalue weighted by Crippen LogP contribution is 2.37. The predicted molar refractivity (Wildman–Crippen MR) is 205 cm³/mol. The molecule has 4 amide bonds. The number of rotatable bonds is 8. The maximum Gasteiger partial charge on any atom is 0.433 e. The van der Waals surface area contributed by atoms with E-state index < -0.39 is 17.8 Å². The Morgan fingerprint density at radius 1 is 0.929 bits per heavy atom. The fourth-order valence-electron chi connectivity index (χ4n) is 8.20. The number of pyridine rings is 2. The Hall–Kier alpha value is -5.77. The molecule has 1 aliphatic carbocycles. The van der Waals surface area contributed by atoms with Crippen molar-refractivity contribution in [2.75, 3.05) is 68.5 Å². The molecule has 56 heavy (non-hydrogen) atoms. The normalized spacial score (nSPS) is 19.9. The molecule has 1 N–H and O–H groups in total. The van der Waals surface area contributed by atoms with Crippen LogP contribution in [0.3, 0.4) is 0 Å². The van der Waals surface area contributed by atoms with E-state index in [0.717, 1.165) is 92.4 Å². The van der Waals surface area contributed by atoms with Crippen LogP contribution in [0, 0.1) is 5.92 Å². The van der Waals surface area contributed by atoms with Gasteiger partial charge in [-0.15, -0.1) is 0 Å². The number of urea groups is 1. The third-order valence-corrected chi connectivity index (χ3v) is 11.3. The van der Waals surface area contributed by atoms with Gasteiger partial charge in [-0.1, -0.05) is 18.2 Å². The van der Waals surface area contributed by atoms with Crippen molar-refractivity contribution in [1.29, 1.82) is 0 Å². The Bertz CT molecular complexity index is 2300. The summed E-state index contributed by atoms with van der Waals surface area (Å²) in [5.41, 5.74) is 1.33. The van der Waals surface area contributed by atoms with Crippen LogP contribution in [0.2, 0.25) is 0 Å². The first kappa shape index (κ1) is 37.2. The van der Waals surface area contributed by atoms with Crippen molar-refractivity contribution < 1.29 is 32.3 Å². The van der Waals surface area contributed by atoms with Crippen LogP contribution in [-0.4, -0.2) is 101 Å². The van der Waals surface area contributed by atoms with Gasteiger partial charge in [-0.25, -0.2) is 9.78 Å². The molecule has 0 radical (unpaired) electrons. The van der Waals surface area contributed by atoms with Crippen LogP contribution in [0.25, 0.3) is 21.7 Å². The molecule has 13 nitrogen and oxygen atoms in total. The van der Waals surface area contributed by atoms with Gasteiger partial charge in [0.1, 0.15) is 17.1 Å². The Labute approximate surface area is 321 Å². The van der Waals surface area contributed by atoms with Crippen molar-refractivity contribution in [3.8, 4) is 5.75 Å². The number of hydrogen-bond donors (Lipinski definition) is 1. The molecule has 1 saturated carbocycles. The Balaban J connectivity index is 0.868. The topological polar surface area (TPSA) is 129 Å². The van der Waals surface area contributed by atoms with E-state index in [1.54, 1.807) is 23.2 Å². The van der Waals surface area contributed by atoms with Crippen molar-refractivity contribution in [1.82, 2.24) is 29.5 Å². The van der Waals surface area contributed by atoms with Gasteiger partial charge in [-0.2, -0.15) is 18.3 Å². The highest BCUT2D eigenvalue weighted by molar-refractivity contribution is 6.11. The molecule has 5 aromatic rings. The molecule has 8 rings (SSSR count). The number of amides is 4. The van der Waals surface area contributed by atoms with Crippen LogP contribution in [0.4, 0.5) is 35.0 Å². The largest absolute Gasteiger partial charge is 0.494 e. The molecule has 3 fully saturated rings. The fraction of sp³-hybridized carbons (Fsp3) is 0.400. The summed E-state index contributed by atoms with van der Waals surface area (Å²) >= 11 is 0. The molecule has 3 aliphatic rings. The fourth-order valence-corrected chi connectivity index (χ4v) is 8.20. The van der Waals surface area contributed by atoms with E-state index in [1.165, 1.54) is 25.1 Å². The molecule has 2 aromatic carbocycles. The first-order valence-electron chi connectivity index (χ1n) is 18.8. The number of carbonyl (C=O) groups is 3. The van der Waals surface area contributed by atoms with Gasteiger partial charge in [-0.05, 0) is 55.9 Å². The summed E-state index contributed by atoms with van der Waals surface area (Å²) in [5.74, 6) is -0.0393. The number of aromatic nitrogens is 4. The summed E-state index contributed by atoms with van der Waals surface area (Å²) in [7, 11) is 2.98. The van der Waals surface area contributed by atoms with Crippen LogP contribution in [0.15, 0.2) is 67.1 Å². The molecule has 0 atom stereocenters. The molecule has 0 bridgehead atoms. The quantitative estimate of drug-likeness (QED) is 0.186. The second-order valence-corrected chi connectivity index (χ2v) is 14.7. The number of methoxy groups -OCH3 is 1. The summed E-state index contributed by atoms with van der Waals surface area (Å²) in [6, 6.07) is 12.7. The van der Waals surface area contributed by atoms with Crippen LogP contribution < -0.4 is 19.9 Å². The summed E-state index contributed by atoms with van der Waals surface area (Å²) < 4.78 is 47.0. The summed E-state index contributed by atoms with van der Waals surface area (Å²) in [4.78, 5) is 53.7. The minimum absolute atomic E-state index is 0.179. The van der Waals surface area contributed by atoms with Crippen LogP contribution >= 0.6 is 0 Å². The average molecular weight is 770 g/mol. The van der Waals surface area contributed by atoms with Crippen molar-refractivity contribution in [2.24, 2.45) is 5.92 Å². The van der Waals surface area contributed by atoms with Gasteiger partial charge >= 0.3 is 12.2 Å². The Morgan fingerprint density at radius 3 is 2.45 bits per heavy atom. The van der Waals surface area contributed by atoms with Gasteiger partial charge in [0.05, 0.1) is 36.2 Å². The monoisotopic (exact) mass is 769 g/mol. The number of nitrogens with one attached hydrogen (secondary N) is 1. The first-order valence-corrected chi connectivity index (χ1v) is 18.8. The number of hydrogen-bond acceptors (Lipinski definition) is 9. The number of anilines is 3. The first-order chi connectivity index (χ1) is 27.0. The number of benzene rings is 2. The second kappa shape index (κ2) is 15.0. The lowest BCUT2D eigenvalue weighted by Gasteiger charge is -2.39. The zero-order valence-electron chi connectivity index (χ0n) is 31.1. The van der Waals surface area contributed by atoms with E-state index in [2.05, 4.69) is 31.2 Å². The van der Waals surface area contributed by atoms with Gasteiger partial charge in [-0.3, -0.25) is 34.0 Å². The van der Waals surface area contributed by atoms with Gasteiger partial charge in [0, 0.05) is 93.0 Å². The molecular weight excluding hydrogens is 727 g/mol. The minimum Gasteiger partial charge on any atom is -0.494 e. The Morgan fingerprint density at radius 2 is 1.70 bits per heavy atom. The summed E-state index contributed by atoms with van der Waals surface area (Å²) in [6.45, 7) is 5.00. The molecule has 5 heterocycles. The second-order valence-electron chi connectivity index (χ2n) is 14.7. The van der Waals surface area contributed by atoms with Crippen molar-refractivity contribution in [2.45, 2.75) is 44.3 Å². The number of alkyl halides is 3. The van der Waals surface area contributed by atoms with Crippen molar-refractivity contribution in [3.63, 3.8) is 0 Å². The van der Waals surface area contributed by atoms with E-state index in [4.69, 9.17) is 9.84 Å². The average Bonchev–Trinajstić information content (AvgIpc) is 3.62. The maximum atomic E-state index is 13.2. The molecular formula is C40H42F3N9O4. The SMILES string of the molecule is COc1cc2nn(C3CCC(CN4CCN(c5cccc6c(N7CCC(=O)N(C)C7=O)cncc56)CC4)CC3)cc2cc1NC(=O)c1cccc(C(F)(F)F)n1. The van der Waals surface area contributed by atoms with Gasteiger partial charge < -0.3 is 15.0 Å². The number of carbonyl (C=O) groups excluding carboxylic acids is 3. The van der Waals surface area contributed by atoms with Crippen LogP contribution in [0.5, 0.6) is 5.75 Å². The molecule has 292 valence electrons. The minimum atomic E-state index is -4.67. The van der Waals surface area contributed by atoms with E-state index >= 15 is 0 Å². The van der Waals surface area contributed by atoms with E-state index in [-0.39, 0.29) is 30.1 Å². The number of halogens is 3. The van der Waals surface area contributed by atoms with Crippen LogP contribution in [-0.2, 0) is 11.0 Å². The number of imide groups is 1. The lowest BCUT2D eigenvalue weighted by molar-refractivity contribution is -0.141. The third-order valence-electron chi connectivity index (χ3n) is 11.3. The van der Waals surface area contributed by atoms with Gasteiger partial charge in [0.2, 0.25) is 5.91 Å². The molecule has 2 aliphatic heterocycles. The standard InChI is InChI=1S/C40H42F3N9O4/c1-48-37(53)13-14-51(39(48)55)34-22-44-21-29-28(34)5-3-7-33(29)50-17-15-49(16-18-50)23-25-9-11-27(12-10-25)52-24-26-19-32(35(56-2)20-31(26)47-52)46-38(54)30-6-4-8-36(45-30)40(41,42)43/h3-8,19-22,24-25,27H,9-18,23H2,1-2H3,(H,46,54). The highest BCUT2D eigenvalue weighted by atomic mass is 19.4. The molecule has 0 unspecified atom stereocenters. The summed E-state index contributed by atoms with van der Waals surface area (Å²) in [6.07, 6.45) is 5.24. The number of piperazine rings is 1. The zero-order chi connectivity index (χ0) is 39.1. The number of nitrogens with zero attached hydrogens (tertiary/aromatic N) is 8. The van der Waals surface area contributed by atoms with Gasteiger partial charge in [0.15, 0.2) is 0 Å². The third kappa shape index (κ3) is 7.32. The van der Waals surface area contributed by atoms with Crippen molar-refractivity contribution >= 4 is 56.6 Å². The lowest BCUT2D eigenvalue weighted by atomic mass is 9.85. The molecule has 2 saturated heterocycles. The van der Waals surface area contributed by atoms with Gasteiger partial charge in [0.25, 0.3) is 5.91 Å². The number of fused-ring (bicyclic) bond motifs is 2. The molecule has 16 heteroatoms. The smallest absolute Gasteiger partial charge is 0.433 e. The van der Waals surface area contributed by atoms with E-state index in [9.17, 15) is 27.6 Å². The van der Waals surface area contributed by atoms with Crippen LogP contribution in [0.1, 0.15) is 54.3 Å². The predicted octanol–water partition coefficient (Wildman–Crippen LogP) is 6.60. The molecule has 3 aromatic heterocycles.